The summed E-state index contributed by atoms with van der Waals surface area (Å²) >= 11 is 0. The minimum absolute atomic E-state index is 0.149. The maximum atomic E-state index is 12.9. The largest absolute Gasteiger partial charge is 0.387 e. The molecule has 1 aliphatic carbocycles. The molecule has 0 aromatic heterocycles. The summed E-state index contributed by atoms with van der Waals surface area (Å²) in [5, 5.41) is 9.99. The van der Waals surface area contributed by atoms with E-state index in [0.717, 1.165) is 0 Å². The van der Waals surface area contributed by atoms with Crippen LogP contribution in [0.1, 0.15) is 6.42 Å². The lowest BCUT2D eigenvalue weighted by Crippen LogP contribution is -2.32. The summed E-state index contributed by atoms with van der Waals surface area (Å²) in [6.45, 7) is 0. The van der Waals surface area contributed by atoms with Crippen molar-refractivity contribution >= 4 is 0 Å². The fourth-order valence-corrected chi connectivity index (χ4v) is 0.859. The molecular weight excluding hydrogens is 175 g/mol. The molecule has 1 atom stereocenters. The van der Waals surface area contributed by atoms with Crippen molar-refractivity contribution in [1.29, 1.82) is 0 Å². The molecule has 0 radical (unpaired) electrons. The van der Waals surface area contributed by atoms with Gasteiger partial charge in [0.05, 0.1) is 11.0 Å². The highest BCUT2D eigenvalue weighted by Gasteiger charge is 2.44. The zero-order chi connectivity index (χ0) is 9.35. The Morgan fingerprint density at radius 1 is 1.58 bits per heavy atom. The highest BCUT2D eigenvalue weighted by atomic mass is 19.2. The number of halogens is 3. The molecule has 0 amide bonds. The van der Waals surface area contributed by atoms with E-state index < -0.39 is 28.8 Å². The molecule has 1 rings (SSSR count). The van der Waals surface area contributed by atoms with Gasteiger partial charge in [-0.2, -0.15) is 4.39 Å². The second kappa shape index (κ2) is 2.62. The van der Waals surface area contributed by atoms with Crippen LogP contribution in [0.3, 0.4) is 0 Å². The Balaban J connectivity index is 3.00. The van der Waals surface area contributed by atoms with Crippen molar-refractivity contribution in [3.8, 4) is 0 Å². The van der Waals surface area contributed by atoms with Gasteiger partial charge in [-0.3, -0.25) is 10.1 Å². The van der Waals surface area contributed by atoms with Gasteiger partial charge in [-0.15, -0.1) is 0 Å². The van der Waals surface area contributed by atoms with Crippen LogP contribution in [0.5, 0.6) is 0 Å². The second-order valence-corrected chi connectivity index (χ2v) is 2.37. The molecule has 0 fully saturated rings. The molecule has 6 heteroatoms. The molecule has 12 heavy (non-hydrogen) atoms. The molecule has 0 spiro atoms. The van der Waals surface area contributed by atoms with Crippen LogP contribution in [-0.4, -0.2) is 10.7 Å². The van der Waals surface area contributed by atoms with Crippen LogP contribution in [0.2, 0.25) is 0 Å². The molecule has 0 aromatic carbocycles. The highest BCUT2D eigenvalue weighted by molar-refractivity contribution is 5.24. The van der Waals surface area contributed by atoms with Gasteiger partial charge in [-0.1, -0.05) is 0 Å². The van der Waals surface area contributed by atoms with Crippen molar-refractivity contribution in [2.45, 2.75) is 12.2 Å². The third-order valence-electron chi connectivity index (χ3n) is 1.37. The Labute approximate surface area is 65.3 Å². The van der Waals surface area contributed by atoms with Crippen molar-refractivity contribution in [3.05, 3.63) is 33.9 Å². The van der Waals surface area contributed by atoms with Gasteiger partial charge >= 0.3 is 5.79 Å². The molecule has 0 heterocycles. The predicted octanol–water partition coefficient (Wildman–Crippen LogP) is 2.04. The fraction of sp³-hybridized carbons (Fsp3) is 0.333. The van der Waals surface area contributed by atoms with Crippen LogP contribution in [0.25, 0.3) is 0 Å². The second-order valence-electron chi connectivity index (χ2n) is 2.37. The van der Waals surface area contributed by atoms with E-state index in [0.29, 0.717) is 6.08 Å². The SMILES string of the molecule is O=[N+]([O-])C1(F)C=C(F)C=C(F)C1. The molecule has 0 aromatic rings. The van der Waals surface area contributed by atoms with Crippen LogP contribution >= 0.6 is 0 Å². The fourth-order valence-electron chi connectivity index (χ4n) is 0.859. The van der Waals surface area contributed by atoms with Crippen LogP contribution in [0, 0.1) is 10.1 Å². The number of alkyl halides is 1. The summed E-state index contributed by atoms with van der Waals surface area (Å²) in [5.74, 6) is -5.57. The molecule has 66 valence electrons. The Morgan fingerprint density at radius 2 is 2.17 bits per heavy atom. The molecule has 0 saturated carbocycles. The Morgan fingerprint density at radius 3 is 2.58 bits per heavy atom. The first-order valence-corrected chi connectivity index (χ1v) is 3.02. The monoisotopic (exact) mass is 179 g/mol. The number of hydrogen-bond acceptors (Lipinski definition) is 2. The molecular formula is C6H4F3NO2. The molecule has 0 aliphatic heterocycles. The van der Waals surface area contributed by atoms with Gasteiger partial charge in [0.2, 0.25) is 0 Å². The highest BCUT2D eigenvalue weighted by Crippen LogP contribution is 2.31. The molecule has 3 nitrogen and oxygen atoms in total. The van der Waals surface area contributed by atoms with E-state index in [4.69, 9.17) is 0 Å². The van der Waals surface area contributed by atoms with Gasteiger partial charge in [-0.25, -0.2) is 8.78 Å². The van der Waals surface area contributed by atoms with Crippen LogP contribution in [0.4, 0.5) is 13.2 Å². The number of rotatable bonds is 1. The van der Waals surface area contributed by atoms with Crippen LogP contribution in [0.15, 0.2) is 23.8 Å². The summed E-state index contributed by atoms with van der Waals surface area (Å²) < 4.78 is 37.5. The lowest BCUT2D eigenvalue weighted by Gasteiger charge is -2.14. The van der Waals surface area contributed by atoms with Crippen LogP contribution < -0.4 is 0 Å². The van der Waals surface area contributed by atoms with E-state index in [-0.39, 0.29) is 6.08 Å². The predicted molar refractivity (Wildman–Crippen MR) is 33.8 cm³/mol. The zero-order valence-electron chi connectivity index (χ0n) is 5.76. The molecule has 1 aliphatic rings. The first kappa shape index (κ1) is 8.76. The van der Waals surface area contributed by atoms with Gasteiger partial charge in [0.1, 0.15) is 18.1 Å². The van der Waals surface area contributed by atoms with Crippen molar-refractivity contribution < 1.29 is 18.1 Å². The van der Waals surface area contributed by atoms with E-state index in [1.807, 2.05) is 0 Å². The first-order valence-electron chi connectivity index (χ1n) is 3.02. The van der Waals surface area contributed by atoms with E-state index in [9.17, 15) is 23.3 Å². The van der Waals surface area contributed by atoms with E-state index in [1.165, 1.54) is 0 Å². The van der Waals surface area contributed by atoms with Crippen molar-refractivity contribution in [2.24, 2.45) is 0 Å². The molecule has 0 saturated heterocycles. The summed E-state index contributed by atoms with van der Waals surface area (Å²) in [4.78, 5) is 8.63. The average molecular weight is 179 g/mol. The first-order chi connectivity index (χ1) is 5.44. The smallest absolute Gasteiger partial charge is 0.261 e. The van der Waals surface area contributed by atoms with Gasteiger partial charge < -0.3 is 0 Å². The Hall–Kier alpha value is -1.33. The van der Waals surface area contributed by atoms with Gasteiger partial charge in [-0.05, 0) is 0 Å². The van der Waals surface area contributed by atoms with Gasteiger partial charge in [0, 0.05) is 6.08 Å². The standard InChI is InChI=1S/C6H4F3NO2/c7-4-1-5(8)3-6(9,2-4)10(11)12/h1-2H,3H2. The van der Waals surface area contributed by atoms with Crippen molar-refractivity contribution in [3.63, 3.8) is 0 Å². The van der Waals surface area contributed by atoms with E-state index in [2.05, 4.69) is 0 Å². The Bertz CT molecular complexity index is 287. The molecule has 0 bridgehead atoms. The zero-order valence-corrected chi connectivity index (χ0v) is 5.76. The third-order valence-corrected chi connectivity index (χ3v) is 1.37. The number of nitro groups is 1. The normalized spacial score (nSPS) is 29.2. The van der Waals surface area contributed by atoms with Gasteiger partial charge in [0.25, 0.3) is 0 Å². The molecule has 0 N–H and O–H groups in total. The average Bonchev–Trinajstić information content (AvgIpc) is 1.82. The maximum absolute atomic E-state index is 12.9. The number of hydrogen-bond donors (Lipinski definition) is 0. The topological polar surface area (TPSA) is 43.1 Å². The number of allylic oxidation sites excluding steroid dienone is 2. The van der Waals surface area contributed by atoms with Crippen molar-refractivity contribution in [2.75, 3.05) is 0 Å². The summed E-state index contributed by atoms with van der Waals surface area (Å²) in [6, 6.07) is 0. The Kier molecular flexibility index (Phi) is 1.91. The maximum Gasteiger partial charge on any atom is 0.387 e. The lowest BCUT2D eigenvalue weighted by atomic mass is 10.1. The van der Waals surface area contributed by atoms with E-state index in [1.54, 1.807) is 0 Å². The lowest BCUT2D eigenvalue weighted by molar-refractivity contribution is -0.589. The summed E-state index contributed by atoms with van der Waals surface area (Å²) in [7, 11) is 0. The van der Waals surface area contributed by atoms with E-state index >= 15 is 0 Å². The minimum Gasteiger partial charge on any atom is -0.261 e. The van der Waals surface area contributed by atoms with Gasteiger partial charge in [0.15, 0.2) is 0 Å². The van der Waals surface area contributed by atoms with Crippen molar-refractivity contribution in [1.82, 2.24) is 0 Å². The summed E-state index contributed by atoms with van der Waals surface area (Å²) in [5.41, 5.74) is 0. The third kappa shape index (κ3) is 1.46. The molecule has 1 unspecified atom stereocenters. The summed E-state index contributed by atoms with van der Waals surface area (Å²) in [6.07, 6.45) is -0.481. The minimum atomic E-state index is -3.14. The van der Waals surface area contributed by atoms with Crippen LogP contribution in [-0.2, 0) is 0 Å². The quantitative estimate of drug-likeness (QED) is 0.351. The number of nitrogens with zero attached hydrogens (tertiary/aromatic N) is 1.